The first-order chi connectivity index (χ1) is 12.5. The Morgan fingerprint density at radius 2 is 1.81 bits per heavy atom. The SMILES string of the molecule is O=C(O)CC1(c2ccc(Br)cc2)CCN(C(=O)OCc2ccccc2)C1. The minimum absolute atomic E-state index is 0.0168. The zero-order chi connectivity index (χ0) is 18.6. The smallest absolute Gasteiger partial charge is 0.410 e. The monoisotopic (exact) mass is 417 g/mol. The molecule has 0 bridgehead atoms. The van der Waals surface area contributed by atoms with Crippen molar-refractivity contribution in [2.24, 2.45) is 0 Å². The van der Waals surface area contributed by atoms with Gasteiger partial charge < -0.3 is 14.7 Å². The fraction of sp³-hybridized carbons (Fsp3) is 0.300. The van der Waals surface area contributed by atoms with Crippen molar-refractivity contribution in [1.29, 1.82) is 0 Å². The molecule has 2 aromatic carbocycles. The summed E-state index contributed by atoms with van der Waals surface area (Å²) in [6.07, 6.45) is 0.177. The van der Waals surface area contributed by atoms with Crippen molar-refractivity contribution >= 4 is 28.0 Å². The Kier molecular flexibility index (Phi) is 5.61. The van der Waals surface area contributed by atoms with E-state index < -0.39 is 17.5 Å². The molecule has 1 N–H and O–H groups in total. The highest BCUT2D eigenvalue weighted by Gasteiger charge is 2.43. The maximum Gasteiger partial charge on any atom is 0.410 e. The molecule has 3 rings (SSSR count). The first-order valence-electron chi connectivity index (χ1n) is 8.42. The average Bonchev–Trinajstić information content (AvgIpc) is 3.05. The van der Waals surface area contributed by atoms with Gasteiger partial charge in [-0.3, -0.25) is 4.79 Å². The van der Waals surface area contributed by atoms with Crippen LogP contribution in [0.3, 0.4) is 0 Å². The number of carbonyl (C=O) groups is 2. The number of carbonyl (C=O) groups excluding carboxylic acids is 1. The summed E-state index contributed by atoms with van der Waals surface area (Å²) in [6, 6.07) is 17.1. The molecule has 1 aliphatic heterocycles. The molecule has 1 atom stereocenters. The minimum atomic E-state index is -0.868. The molecular weight excluding hydrogens is 398 g/mol. The predicted molar refractivity (Wildman–Crippen MR) is 101 cm³/mol. The lowest BCUT2D eigenvalue weighted by Gasteiger charge is -2.28. The third kappa shape index (κ3) is 4.25. The van der Waals surface area contributed by atoms with Gasteiger partial charge in [-0.2, -0.15) is 0 Å². The number of hydrogen-bond acceptors (Lipinski definition) is 3. The number of halogens is 1. The molecule has 1 saturated heterocycles. The average molecular weight is 418 g/mol. The van der Waals surface area contributed by atoms with E-state index in [9.17, 15) is 14.7 Å². The lowest BCUT2D eigenvalue weighted by atomic mass is 9.77. The highest BCUT2D eigenvalue weighted by atomic mass is 79.9. The number of carboxylic acids is 1. The number of likely N-dealkylation sites (tertiary alicyclic amines) is 1. The van der Waals surface area contributed by atoms with Crippen molar-refractivity contribution in [3.05, 3.63) is 70.2 Å². The zero-order valence-corrected chi connectivity index (χ0v) is 15.8. The van der Waals surface area contributed by atoms with Crippen LogP contribution in [0.5, 0.6) is 0 Å². The Morgan fingerprint density at radius 3 is 2.46 bits per heavy atom. The number of amides is 1. The van der Waals surface area contributed by atoms with Gasteiger partial charge >= 0.3 is 12.1 Å². The lowest BCUT2D eigenvalue weighted by Crippen LogP contribution is -2.36. The van der Waals surface area contributed by atoms with Crippen molar-refractivity contribution in [1.82, 2.24) is 4.90 Å². The summed E-state index contributed by atoms with van der Waals surface area (Å²) in [5.74, 6) is -0.868. The summed E-state index contributed by atoms with van der Waals surface area (Å²) in [6.45, 7) is 1.03. The van der Waals surface area contributed by atoms with Gasteiger partial charge in [-0.1, -0.05) is 58.4 Å². The van der Waals surface area contributed by atoms with E-state index in [1.807, 2.05) is 54.6 Å². The van der Waals surface area contributed by atoms with Gasteiger partial charge in [0.1, 0.15) is 6.61 Å². The lowest BCUT2D eigenvalue weighted by molar-refractivity contribution is -0.138. The molecule has 26 heavy (non-hydrogen) atoms. The summed E-state index contributed by atoms with van der Waals surface area (Å²) in [5, 5.41) is 9.39. The number of carboxylic acid groups (broad SMARTS) is 1. The molecule has 1 unspecified atom stereocenters. The Hall–Kier alpha value is -2.34. The number of hydrogen-bond donors (Lipinski definition) is 1. The molecule has 1 aliphatic rings. The van der Waals surface area contributed by atoms with Gasteiger partial charge in [0.05, 0.1) is 6.42 Å². The Morgan fingerprint density at radius 1 is 1.12 bits per heavy atom. The van der Waals surface area contributed by atoms with E-state index in [1.165, 1.54) is 0 Å². The molecular formula is C20H20BrNO4. The minimum Gasteiger partial charge on any atom is -0.481 e. The Bertz CT molecular complexity index is 778. The molecule has 1 fully saturated rings. The predicted octanol–water partition coefficient (Wildman–Crippen LogP) is 4.20. The van der Waals surface area contributed by atoms with Crippen molar-refractivity contribution in [2.75, 3.05) is 13.1 Å². The van der Waals surface area contributed by atoms with Gasteiger partial charge in [0.15, 0.2) is 0 Å². The van der Waals surface area contributed by atoms with Crippen LogP contribution in [0, 0.1) is 0 Å². The van der Waals surface area contributed by atoms with E-state index in [0.717, 1.165) is 15.6 Å². The molecule has 0 radical (unpaired) electrons. The highest BCUT2D eigenvalue weighted by Crippen LogP contribution is 2.38. The van der Waals surface area contributed by atoms with E-state index in [0.29, 0.717) is 19.5 Å². The maximum absolute atomic E-state index is 12.4. The molecule has 0 aromatic heterocycles. The standard InChI is InChI=1S/C20H20BrNO4/c21-17-8-6-16(7-9-17)20(12-18(23)24)10-11-22(14-20)19(25)26-13-15-4-2-1-3-5-15/h1-9H,10-14H2,(H,23,24). The third-order valence-corrected chi connectivity index (χ3v) is 5.29. The van der Waals surface area contributed by atoms with Crippen LogP contribution in [0.1, 0.15) is 24.0 Å². The van der Waals surface area contributed by atoms with Gasteiger partial charge in [0.25, 0.3) is 0 Å². The van der Waals surface area contributed by atoms with Crippen molar-refractivity contribution in [3.63, 3.8) is 0 Å². The van der Waals surface area contributed by atoms with E-state index in [4.69, 9.17) is 4.74 Å². The highest BCUT2D eigenvalue weighted by molar-refractivity contribution is 9.10. The fourth-order valence-corrected chi connectivity index (χ4v) is 3.68. The van der Waals surface area contributed by atoms with Gasteiger partial charge in [0, 0.05) is 23.0 Å². The molecule has 5 nitrogen and oxygen atoms in total. The summed E-state index contributed by atoms with van der Waals surface area (Å²) in [5.41, 5.74) is 1.27. The van der Waals surface area contributed by atoms with Crippen molar-refractivity contribution in [3.8, 4) is 0 Å². The van der Waals surface area contributed by atoms with Gasteiger partial charge in [-0.15, -0.1) is 0 Å². The van der Waals surface area contributed by atoms with E-state index in [2.05, 4.69) is 15.9 Å². The van der Waals surface area contributed by atoms with Crippen LogP contribution in [0.4, 0.5) is 4.79 Å². The van der Waals surface area contributed by atoms with Crippen LogP contribution < -0.4 is 0 Å². The summed E-state index contributed by atoms with van der Waals surface area (Å²) in [4.78, 5) is 25.5. The van der Waals surface area contributed by atoms with Crippen molar-refractivity contribution < 1.29 is 19.4 Å². The van der Waals surface area contributed by atoms with Crippen LogP contribution in [0.2, 0.25) is 0 Å². The zero-order valence-electron chi connectivity index (χ0n) is 14.2. The van der Waals surface area contributed by atoms with E-state index in [1.54, 1.807) is 4.90 Å². The molecule has 1 heterocycles. The number of ether oxygens (including phenoxy) is 1. The summed E-state index contributed by atoms with van der Waals surface area (Å²) >= 11 is 3.40. The first kappa shape index (κ1) is 18.5. The van der Waals surface area contributed by atoms with Crippen LogP contribution in [0.15, 0.2) is 59.1 Å². The number of benzene rings is 2. The molecule has 2 aromatic rings. The van der Waals surface area contributed by atoms with Gasteiger partial charge in [-0.05, 0) is 29.7 Å². The van der Waals surface area contributed by atoms with Gasteiger partial charge in [-0.25, -0.2) is 4.79 Å². The van der Waals surface area contributed by atoms with Crippen LogP contribution in [-0.4, -0.2) is 35.2 Å². The second kappa shape index (κ2) is 7.91. The molecule has 6 heteroatoms. The maximum atomic E-state index is 12.4. The summed E-state index contributed by atoms with van der Waals surface area (Å²) < 4.78 is 6.33. The Balaban J connectivity index is 1.70. The fourth-order valence-electron chi connectivity index (χ4n) is 3.41. The Labute approximate surface area is 160 Å². The molecule has 0 saturated carbocycles. The topological polar surface area (TPSA) is 66.8 Å². The van der Waals surface area contributed by atoms with Crippen LogP contribution in [-0.2, 0) is 21.6 Å². The molecule has 136 valence electrons. The van der Waals surface area contributed by atoms with Gasteiger partial charge in [0.2, 0.25) is 0 Å². The quantitative estimate of drug-likeness (QED) is 0.791. The number of rotatable bonds is 5. The molecule has 0 aliphatic carbocycles. The van der Waals surface area contributed by atoms with E-state index >= 15 is 0 Å². The molecule has 1 amide bonds. The van der Waals surface area contributed by atoms with E-state index in [-0.39, 0.29) is 13.0 Å². The second-order valence-corrected chi connectivity index (χ2v) is 7.49. The van der Waals surface area contributed by atoms with Crippen LogP contribution in [0.25, 0.3) is 0 Å². The number of aliphatic carboxylic acids is 1. The largest absolute Gasteiger partial charge is 0.481 e. The second-order valence-electron chi connectivity index (χ2n) is 6.57. The molecule has 0 spiro atoms. The normalized spacial score (nSPS) is 19.3. The van der Waals surface area contributed by atoms with Crippen LogP contribution >= 0.6 is 15.9 Å². The first-order valence-corrected chi connectivity index (χ1v) is 9.21. The summed E-state index contributed by atoms with van der Waals surface area (Å²) in [7, 11) is 0. The van der Waals surface area contributed by atoms with Crippen molar-refractivity contribution in [2.45, 2.75) is 24.9 Å². The third-order valence-electron chi connectivity index (χ3n) is 4.76. The number of nitrogens with zero attached hydrogens (tertiary/aromatic N) is 1.